The number of hydrogen-bond donors (Lipinski definition) is 1. The van der Waals surface area contributed by atoms with Crippen molar-refractivity contribution in [3.05, 3.63) is 0 Å². The number of aliphatic carboxylic acids is 1. The highest BCUT2D eigenvalue weighted by atomic mass is 16.4. The first-order chi connectivity index (χ1) is 7.02. The van der Waals surface area contributed by atoms with Crippen molar-refractivity contribution >= 4 is 11.9 Å². The van der Waals surface area contributed by atoms with Crippen molar-refractivity contribution in [1.29, 1.82) is 0 Å². The Kier molecular flexibility index (Phi) is 4.08. The molecule has 0 unspecified atom stereocenters. The molecule has 5 nitrogen and oxygen atoms in total. The van der Waals surface area contributed by atoms with Crippen LogP contribution in [0.15, 0.2) is 0 Å². The zero-order chi connectivity index (χ0) is 11.4. The summed E-state index contributed by atoms with van der Waals surface area (Å²) in [5.41, 5.74) is 0. The molecule has 0 aromatic carbocycles. The van der Waals surface area contributed by atoms with Crippen LogP contribution in [0.5, 0.6) is 0 Å². The van der Waals surface area contributed by atoms with E-state index in [9.17, 15) is 9.59 Å². The topological polar surface area (TPSA) is 60.9 Å². The van der Waals surface area contributed by atoms with E-state index >= 15 is 0 Å². The summed E-state index contributed by atoms with van der Waals surface area (Å²) < 4.78 is 0. The Morgan fingerprint density at radius 2 is 2.07 bits per heavy atom. The van der Waals surface area contributed by atoms with Crippen LogP contribution < -0.4 is 0 Å². The SMILES string of the molecule is CN(C)CC(=O)N1CCCC[C@H]1C(=O)O. The van der Waals surface area contributed by atoms with Crippen molar-refractivity contribution in [2.75, 3.05) is 27.2 Å². The summed E-state index contributed by atoms with van der Waals surface area (Å²) in [6.07, 6.45) is 2.38. The van der Waals surface area contributed by atoms with Gasteiger partial charge in [0.15, 0.2) is 0 Å². The van der Waals surface area contributed by atoms with Crippen molar-refractivity contribution in [3.63, 3.8) is 0 Å². The molecule has 86 valence electrons. The molecule has 0 aliphatic carbocycles. The van der Waals surface area contributed by atoms with Gasteiger partial charge in [0, 0.05) is 6.54 Å². The van der Waals surface area contributed by atoms with Crippen LogP contribution in [0.4, 0.5) is 0 Å². The van der Waals surface area contributed by atoms with Crippen molar-refractivity contribution in [3.8, 4) is 0 Å². The van der Waals surface area contributed by atoms with E-state index in [4.69, 9.17) is 5.11 Å². The van der Waals surface area contributed by atoms with Gasteiger partial charge in [-0.15, -0.1) is 0 Å². The Morgan fingerprint density at radius 1 is 1.40 bits per heavy atom. The first kappa shape index (κ1) is 12.0. The Bertz CT molecular complexity index is 253. The lowest BCUT2D eigenvalue weighted by molar-refractivity contribution is -0.152. The number of rotatable bonds is 3. The van der Waals surface area contributed by atoms with Gasteiger partial charge in [0.25, 0.3) is 0 Å². The number of piperidine rings is 1. The highest BCUT2D eigenvalue weighted by Crippen LogP contribution is 2.17. The fourth-order valence-electron chi connectivity index (χ4n) is 1.85. The van der Waals surface area contributed by atoms with Crippen LogP contribution in [0.1, 0.15) is 19.3 Å². The Labute approximate surface area is 89.7 Å². The molecule has 1 fully saturated rings. The molecule has 5 heteroatoms. The van der Waals surface area contributed by atoms with E-state index in [0.29, 0.717) is 13.0 Å². The van der Waals surface area contributed by atoms with Gasteiger partial charge in [0.1, 0.15) is 6.04 Å². The predicted molar refractivity (Wildman–Crippen MR) is 55.5 cm³/mol. The van der Waals surface area contributed by atoms with Gasteiger partial charge >= 0.3 is 5.97 Å². The van der Waals surface area contributed by atoms with Crippen LogP contribution in [0, 0.1) is 0 Å². The van der Waals surface area contributed by atoms with Crippen LogP contribution in [-0.2, 0) is 9.59 Å². The maximum Gasteiger partial charge on any atom is 0.326 e. The van der Waals surface area contributed by atoms with Gasteiger partial charge in [0.05, 0.1) is 6.54 Å². The number of hydrogen-bond acceptors (Lipinski definition) is 3. The molecule has 15 heavy (non-hydrogen) atoms. The van der Waals surface area contributed by atoms with E-state index < -0.39 is 12.0 Å². The minimum absolute atomic E-state index is 0.0906. The first-order valence-corrected chi connectivity index (χ1v) is 5.19. The zero-order valence-electron chi connectivity index (χ0n) is 9.27. The smallest absolute Gasteiger partial charge is 0.326 e. The third-order valence-corrected chi connectivity index (χ3v) is 2.56. The summed E-state index contributed by atoms with van der Waals surface area (Å²) in [5.74, 6) is -0.978. The van der Waals surface area contributed by atoms with E-state index in [2.05, 4.69) is 0 Å². The standard InChI is InChI=1S/C10H18N2O3/c1-11(2)7-9(13)12-6-4-3-5-8(12)10(14)15/h8H,3-7H2,1-2H3,(H,14,15)/t8-/m0/s1. The molecule has 1 N–H and O–H groups in total. The third kappa shape index (κ3) is 3.20. The average molecular weight is 214 g/mol. The predicted octanol–water partition coefficient (Wildman–Crippen LogP) is 0.0137. The Hall–Kier alpha value is -1.10. The van der Waals surface area contributed by atoms with Gasteiger partial charge in [-0.25, -0.2) is 4.79 Å². The normalized spacial score (nSPS) is 21.8. The molecule has 0 saturated carbocycles. The number of carboxylic acid groups (broad SMARTS) is 1. The monoisotopic (exact) mass is 214 g/mol. The molecule has 0 aromatic heterocycles. The molecule has 1 heterocycles. The number of likely N-dealkylation sites (tertiary alicyclic amines) is 1. The molecule has 1 atom stereocenters. The van der Waals surface area contributed by atoms with Crippen LogP contribution in [0.2, 0.25) is 0 Å². The number of likely N-dealkylation sites (N-methyl/N-ethyl adjacent to an activating group) is 1. The highest BCUT2D eigenvalue weighted by Gasteiger charge is 2.31. The first-order valence-electron chi connectivity index (χ1n) is 5.19. The summed E-state index contributed by atoms with van der Waals surface area (Å²) >= 11 is 0. The molecule has 0 spiro atoms. The number of carboxylic acids is 1. The lowest BCUT2D eigenvalue weighted by Gasteiger charge is -2.33. The summed E-state index contributed by atoms with van der Waals surface area (Å²) in [7, 11) is 3.61. The van der Waals surface area contributed by atoms with Gasteiger partial charge in [-0.3, -0.25) is 4.79 Å². The van der Waals surface area contributed by atoms with Gasteiger partial charge in [0.2, 0.25) is 5.91 Å². The van der Waals surface area contributed by atoms with Crippen LogP contribution >= 0.6 is 0 Å². The Morgan fingerprint density at radius 3 is 2.60 bits per heavy atom. The van der Waals surface area contributed by atoms with E-state index in [-0.39, 0.29) is 12.5 Å². The van der Waals surface area contributed by atoms with Crippen molar-refractivity contribution in [1.82, 2.24) is 9.80 Å². The van der Waals surface area contributed by atoms with Gasteiger partial charge in [-0.2, -0.15) is 0 Å². The molecular weight excluding hydrogens is 196 g/mol. The fourth-order valence-corrected chi connectivity index (χ4v) is 1.85. The summed E-state index contributed by atoms with van der Waals surface area (Å²) in [6, 6.07) is -0.619. The lowest BCUT2D eigenvalue weighted by Crippen LogP contribution is -2.50. The second kappa shape index (κ2) is 5.11. The van der Waals surface area contributed by atoms with Gasteiger partial charge in [-0.05, 0) is 33.4 Å². The maximum absolute atomic E-state index is 11.7. The van der Waals surface area contributed by atoms with Crippen LogP contribution in [0.25, 0.3) is 0 Å². The molecule has 1 saturated heterocycles. The van der Waals surface area contributed by atoms with Gasteiger partial charge in [-0.1, -0.05) is 0 Å². The largest absolute Gasteiger partial charge is 0.480 e. The van der Waals surface area contributed by atoms with Crippen molar-refractivity contribution < 1.29 is 14.7 Å². The van der Waals surface area contributed by atoms with Crippen LogP contribution in [0.3, 0.4) is 0 Å². The van der Waals surface area contributed by atoms with E-state index in [1.165, 1.54) is 4.90 Å². The summed E-state index contributed by atoms with van der Waals surface area (Å²) in [6.45, 7) is 0.855. The van der Waals surface area contributed by atoms with Crippen molar-refractivity contribution in [2.24, 2.45) is 0 Å². The molecule has 1 aliphatic heterocycles. The molecule has 0 aromatic rings. The van der Waals surface area contributed by atoms with Crippen LogP contribution in [-0.4, -0.2) is 60.0 Å². The summed E-state index contributed by atoms with van der Waals surface area (Å²) in [5, 5.41) is 8.98. The van der Waals surface area contributed by atoms with E-state index in [0.717, 1.165) is 12.8 Å². The number of carbonyl (C=O) groups excluding carboxylic acids is 1. The fraction of sp³-hybridized carbons (Fsp3) is 0.800. The minimum Gasteiger partial charge on any atom is -0.480 e. The quantitative estimate of drug-likeness (QED) is 0.719. The zero-order valence-corrected chi connectivity index (χ0v) is 9.27. The molecule has 1 rings (SSSR count). The van der Waals surface area contributed by atoms with Gasteiger partial charge < -0.3 is 14.9 Å². The number of amides is 1. The Balaban J connectivity index is 2.63. The highest BCUT2D eigenvalue weighted by molar-refractivity contribution is 5.85. The second-order valence-electron chi connectivity index (χ2n) is 4.17. The van der Waals surface area contributed by atoms with E-state index in [1.54, 1.807) is 19.0 Å². The molecule has 0 radical (unpaired) electrons. The lowest BCUT2D eigenvalue weighted by atomic mass is 10.0. The van der Waals surface area contributed by atoms with Crippen molar-refractivity contribution in [2.45, 2.75) is 25.3 Å². The third-order valence-electron chi connectivity index (χ3n) is 2.56. The average Bonchev–Trinajstić information content (AvgIpc) is 2.16. The number of nitrogens with zero attached hydrogens (tertiary/aromatic N) is 2. The molecule has 1 aliphatic rings. The minimum atomic E-state index is -0.887. The summed E-state index contributed by atoms with van der Waals surface area (Å²) in [4.78, 5) is 25.9. The second-order valence-corrected chi connectivity index (χ2v) is 4.17. The molecule has 0 bridgehead atoms. The molecule has 1 amide bonds. The molecular formula is C10H18N2O3. The number of carbonyl (C=O) groups is 2. The maximum atomic E-state index is 11.7. The van der Waals surface area contributed by atoms with E-state index in [1.807, 2.05) is 0 Å².